The molecule has 0 bridgehead atoms. The molecule has 0 radical (unpaired) electrons. The lowest BCUT2D eigenvalue weighted by Gasteiger charge is -2.18. The summed E-state index contributed by atoms with van der Waals surface area (Å²) in [4.78, 5) is 23.9. The molecule has 1 amide bonds. The summed E-state index contributed by atoms with van der Waals surface area (Å²) >= 11 is 0. The number of aromatic nitrogens is 4. The highest BCUT2D eigenvalue weighted by Crippen LogP contribution is 2.26. The van der Waals surface area contributed by atoms with E-state index in [-0.39, 0.29) is 5.91 Å². The van der Waals surface area contributed by atoms with Crippen molar-refractivity contribution in [2.24, 2.45) is 0 Å². The van der Waals surface area contributed by atoms with Crippen molar-refractivity contribution < 1.29 is 4.79 Å². The second-order valence-corrected chi connectivity index (χ2v) is 7.09. The lowest BCUT2D eigenvalue weighted by molar-refractivity contribution is 0.0787. The number of carbonyl (C=O) groups is 1. The van der Waals surface area contributed by atoms with E-state index in [2.05, 4.69) is 17.0 Å². The fraction of sp³-hybridized carbons (Fsp3) is 0.217. The van der Waals surface area contributed by atoms with Crippen molar-refractivity contribution in [2.75, 3.05) is 7.05 Å². The predicted molar refractivity (Wildman–Crippen MR) is 113 cm³/mol. The van der Waals surface area contributed by atoms with Crippen LogP contribution in [0.5, 0.6) is 0 Å². The average Bonchev–Trinajstić information content (AvgIpc) is 3.22. The van der Waals surface area contributed by atoms with Crippen LogP contribution in [0.25, 0.3) is 22.2 Å². The first kappa shape index (κ1) is 18.8. The molecule has 0 aliphatic heterocycles. The van der Waals surface area contributed by atoms with E-state index in [1.165, 1.54) is 0 Å². The minimum atomic E-state index is -0.0466. The summed E-state index contributed by atoms with van der Waals surface area (Å²) in [5, 5.41) is 5.25. The molecule has 0 saturated carbocycles. The van der Waals surface area contributed by atoms with Crippen LogP contribution in [0, 0.1) is 0 Å². The van der Waals surface area contributed by atoms with Crippen LogP contribution < -0.4 is 0 Å². The van der Waals surface area contributed by atoms with Crippen LogP contribution in [0.15, 0.2) is 67.3 Å². The van der Waals surface area contributed by atoms with Gasteiger partial charge in [0.05, 0.1) is 23.0 Å². The van der Waals surface area contributed by atoms with Crippen molar-refractivity contribution in [3.63, 3.8) is 0 Å². The molecule has 0 spiro atoms. The summed E-state index contributed by atoms with van der Waals surface area (Å²) in [6, 6.07) is 13.5. The van der Waals surface area contributed by atoms with E-state index in [4.69, 9.17) is 4.98 Å². The molecule has 1 aromatic carbocycles. The normalized spacial score (nSPS) is 11.0. The number of nitrogens with zero attached hydrogens (tertiary/aromatic N) is 5. The van der Waals surface area contributed by atoms with Crippen molar-refractivity contribution >= 4 is 16.8 Å². The van der Waals surface area contributed by atoms with Gasteiger partial charge in [-0.1, -0.05) is 31.2 Å². The highest BCUT2D eigenvalue weighted by Gasteiger charge is 2.18. The molecule has 6 heteroatoms. The van der Waals surface area contributed by atoms with Gasteiger partial charge in [0.2, 0.25) is 0 Å². The van der Waals surface area contributed by atoms with Crippen LogP contribution in [0.3, 0.4) is 0 Å². The molecule has 0 N–H and O–H groups in total. The van der Waals surface area contributed by atoms with Crippen LogP contribution >= 0.6 is 0 Å². The zero-order valence-corrected chi connectivity index (χ0v) is 16.6. The number of pyridine rings is 2. The second kappa shape index (κ2) is 8.22. The topological polar surface area (TPSA) is 63.9 Å². The molecule has 3 heterocycles. The van der Waals surface area contributed by atoms with E-state index in [9.17, 15) is 4.79 Å². The predicted octanol–water partition coefficient (Wildman–Crippen LogP) is 4.18. The second-order valence-electron chi connectivity index (χ2n) is 7.09. The van der Waals surface area contributed by atoms with Crippen molar-refractivity contribution in [3.8, 4) is 11.3 Å². The molecule has 0 atom stereocenters. The Morgan fingerprint density at radius 3 is 2.79 bits per heavy atom. The third kappa shape index (κ3) is 4.01. The fourth-order valence-electron chi connectivity index (χ4n) is 3.39. The van der Waals surface area contributed by atoms with E-state index in [1.54, 1.807) is 23.5 Å². The van der Waals surface area contributed by atoms with Crippen LogP contribution in [0.2, 0.25) is 0 Å². The quantitative estimate of drug-likeness (QED) is 0.500. The Morgan fingerprint density at radius 2 is 2.00 bits per heavy atom. The lowest BCUT2D eigenvalue weighted by atomic mass is 10.0. The SMILES string of the molecule is CCCn1cc(-c2cc(C(=O)N(C)Cc3cccnc3)c3ccccc3n2)cn1. The molecule has 0 saturated heterocycles. The lowest BCUT2D eigenvalue weighted by Crippen LogP contribution is -2.26. The minimum absolute atomic E-state index is 0.0466. The molecule has 29 heavy (non-hydrogen) atoms. The maximum atomic E-state index is 13.3. The number of hydrogen-bond donors (Lipinski definition) is 0. The van der Waals surface area contributed by atoms with Crippen molar-refractivity contribution in [1.29, 1.82) is 0 Å². The molecule has 0 fully saturated rings. The third-order valence-corrected chi connectivity index (χ3v) is 4.82. The molecule has 4 aromatic rings. The molecule has 0 unspecified atom stereocenters. The van der Waals surface area contributed by atoms with Gasteiger partial charge in [0, 0.05) is 49.7 Å². The van der Waals surface area contributed by atoms with Crippen LogP contribution in [-0.4, -0.2) is 37.6 Å². The van der Waals surface area contributed by atoms with E-state index < -0.39 is 0 Å². The van der Waals surface area contributed by atoms with Gasteiger partial charge in [0.15, 0.2) is 0 Å². The Kier molecular flexibility index (Phi) is 5.33. The number of amides is 1. The number of benzene rings is 1. The number of fused-ring (bicyclic) bond motifs is 1. The minimum Gasteiger partial charge on any atom is -0.337 e. The molecule has 146 valence electrons. The Bertz CT molecular complexity index is 1140. The highest BCUT2D eigenvalue weighted by molar-refractivity contribution is 6.07. The summed E-state index contributed by atoms with van der Waals surface area (Å²) in [5.74, 6) is -0.0466. The number of hydrogen-bond acceptors (Lipinski definition) is 4. The molecular weight excluding hydrogens is 362 g/mol. The van der Waals surface area contributed by atoms with Gasteiger partial charge in [-0.3, -0.25) is 14.5 Å². The third-order valence-electron chi connectivity index (χ3n) is 4.82. The van der Waals surface area contributed by atoms with Gasteiger partial charge in [-0.15, -0.1) is 0 Å². The Hall–Kier alpha value is -3.54. The Labute approximate surface area is 169 Å². The van der Waals surface area contributed by atoms with Gasteiger partial charge in [0.1, 0.15) is 0 Å². The van der Waals surface area contributed by atoms with Crippen molar-refractivity contribution in [1.82, 2.24) is 24.6 Å². The van der Waals surface area contributed by atoms with Gasteiger partial charge in [-0.25, -0.2) is 4.98 Å². The van der Waals surface area contributed by atoms with Gasteiger partial charge in [-0.2, -0.15) is 5.10 Å². The standard InChI is InChI=1S/C23H23N5O/c1-3-11-28-16-18(14-25-28)22-12-20(19-8-4-5-9-21(19)26-22)23(29)27(2)15-17-7-6-10-24-13-17/h4-10,12-14,16H,3,11,15H2,1-2H3. The monoisotopic (exact) mass is 385 g/mol. The highest BCUT2D eigenvalue weighted by atomic mass is 16.2. The van der Waals surface area contributed by atoms with Gasteiger partial charge in [0.25, 0.3) is 5.91 Å². The summed E-state index contributed by atoms with van der Waals surface area (Å²) < 4.78 is 1.90. The molecule has 6 nitrogen and oxygen atoms in total. The average molecular weight is 385 g/mol. The zero-order valence-electron chi connectivity index (χ0n) is 16.6. The van der Waals surface area contributed by atoms with Gasteiger partial charge < -0.3 is 4.90 Å². The Balaban J connectivity index is 1.73. The summed E-state index contributed by atoms with van der Waals surface area (Å²) in [7, 11) is 1.81. The van der Waals surface area contributed by atoms with E-state index >= 15 is 0 Å². The first-order valence-electron chi connectivity index (χ1n) is 9.72. The smallest absolute Gasteiger partial charge is 0.254 e. The van der Waals surface area contributed by atoms with E-state index in [1.807, 2.05) is 60.4 Å². The molecule has 0 aliphatic rings. The largest absolute Gasteiger partial charge is 0.337 e. The number of rotatable bonds is 6. The molecule has 0 aliphatic carbocycles. The van der Waals surface area contributed by atoms with Crippen molar-refractivity contribution in [3.05, 3.63) is 78.4 Å². The number of para-hydroxylation sites is 1. The number of carbonyl (C=O) groups excluding carboxylic acids is 1. The molecule has 3 aromatic heterocycles. The summed E-state index contributed by atoms with van der Waals surface area (Å²) in [6.07, 6.45) is 8.30. The van der Waals surface area contributed by atoms with E-state index in [0.29, 0.717) is 12.1 Å². The van der Waals surface area contributed by atoms with E-state index in [0.717, 1.165) is 40.7 Å². The number of aryl methyl sites for hydroxylation is 1. The summed E-state index contributed by atoms with van der Waals surface area (Å²) in [5.41, 5.74) is 4.09. The summed E-state index contributed by atoms with van der Waals surface area (Å²) in [6.45, 7) is 3.46. The maximum Gasteiger partial charge on any atom is 0.254 e. The van der Waals surface area contributed by atoms with Crippen LogP contribution in [0.4, 0.5) is 0 Å². The Morgan fingerprint density at radius 1 is 1.14 bits per heavy atom. The van der Waals surface area contributed by atoms with Crippen LogP contribution in [-0.2, 0) is 13.1 Å². The maximum absolute atomic E-state index is 13.3. The van der Waals surface area contributed by atoms with Gasteiger partial charge >= 0.3 is 0 Å². The molecule has 4 rings (SSSR count). The molecular formula is C23H23N5O. The fourth-order valence-corrected chi connectivity index (χ4v) is 3.39. The van der Waals surface area contributed by atoms with Crippen LogP contribution in [0.1, 0.15) is 29.3 Å². The first-order valence-corrected chi connectivity index (χ1v) is 9.72. The zero-order chi connectivity index (χ0) is 20.2. The van der Waals surface area contributed by atoms with Gasteiger partial charge in [-0.05, 0) is 30.2 Å². The first-order chi connectivity index (χ1) is 14.2. The van der Waals surface area contributed by atoms with Crippen molar-refractivity contribution in [2.45, 2.75) is 26.4 Å².